The van der Waals surface area contributed by atoms with Crippen LogP contribution in [0.25, 0.3) is 0 Å². The number of likely N-dealkylation sites (N-methyl/N-ethyl adjacent to an activating group) is 2. The van der Waals surface area contributed by atoms with Gasteiger partial charge in [0, 0.05) is 12.6 Å². The predicted molar refractivity (Wildman–Crippen MR) is 75.2 cm³/mol. The summed E-state index contributed by atoms with van der Waals surface area (Å²) in [6.07, 6.45) is 1.08. The average Bonchev–Trinajstić information content (AvgIpc) is 2.44. The third-order valence-electron chi connectivity index (χ3n) is 3.71. The Morgan fingerprint density at radius 2 is 2.00 bits per heavy atom. The van der Waals surface area contributed by atoms with E-state index in [-0.39, 0.29) is 0 Å². The third kappa shape index (κ3) is 3.10. The molecular formula is C15H23N3. The first kappa shape index (κ1) is 14.7. The molecular weight excluding hydrogens is 222 g/mol. The summed E-state index contributed by atoms with van der Waals surface area (Å²) in [6, 6.07) is 12.8. The summed E-state index contributed by atoms with van der Waals surface area (Å²) in [5.74, 6) is 0. The van der Waals surface area contributed by atoms with Gasteiger partial charge in [-0.25, -0.2) is 0 Å². The van der Waals surface area contributed by atoms with E-state index in [1.165, 1.54) is 0 Å². The molecule has 2 atom stereocenters. The highest BCUT2D eigenvalue weighted by molar-refractivity contribution is 5.31. The van der Waals surface area contributed by atoms with E-state index in [0.29, 0.717) is 12.6 Å². The van der Waals surface area contributed by atoms with Crippen molar-refractivity contribution in [2.24, 2.45) is 0 Å². The minimum absolute atomic E-state index is 0.467. The topological polar surface area (TPSA) is 39.1 Å². The fraction of sp³-hybridized carbons (Fsp3) is 0.533. The Bertz CT molecular complexity index is 396. The van der Waals surface area contributed by atoms with Crippen LogP contribution >= 0.6 is 0 Å². The fourth-order valence-electron chi connectivity index (χ4n) is 2.03. The fourth-order valence-corrected chi connectivity index (χ4v) is 2.03. The molecule has 0 heterocycles. The van der Waals surface area contributed by atoms with Crippen LogP contribution in [-0.4, -0.2) is 31.6 Å². The maximum Gasteiger partial charge on any atom is 0.144 e. The van der Waals surface area contributed by atoms with E-state index in [2.05, 4.69) is 37.2 Å². The van der Waals surface area contributed by atoms with Gasteiger partial charge in [0.05, 0.1) is 6.07 Å². The predicted octanol–water partition coefficient (Wildman–Crippen LogP) is 2.36. The maximum atomic E-state index is 9.59. The van der Waals surface area contributed by atoms with E-state index in [1.807, 2.05) is 37.4 Å². The second-order valence-corrected chi connectivity index (χ2v) is 4.81. The summed E-state index contributed by atoms with van der Waals surface area (Å²) in [5, 5.41) is 12.8. The van der Waals surface area contributed by atoms with Crippen LogP contribution in [0, 0.1) is 11.3 Å². The molecule has 1 N–H and O–H groups in total. The molecule has 98 valence electrons. The van der Waals surface area contributed by atoms with Crippen molar-refractivity contribution >= 4 is 0 Å². The zero-order valence-corrected chi connectivity index (χ0v) is 11.8. The van der Waals surface area contributed by atoms with Crippen molar-refractivity contribution in [3.8, 4) is 6.07 Å². The van der Waals surface area contributed by atoms with Crippen molar-refractivity contribution in [3.05, 3.63) is 35.9 Å². The number of hydrogen-bond acceptors (Lipinski definition) is 3. The Morgan fingerprint density at radius 1 is 1.39 bits per heavy atom. The first-order valence-corrected chi connectivity index (χ1v) is 6.45. The lowest BCUT2D eigenvalue weighted by atomic mass is 9.90. The Balaban J connectivity index is 2.99. The zero-order valence-electron chi connectivity index (χ0n) is 11.8. The SMILES string of the molecule is CCC(C)N(C)CC(C#N)(NC)c1ccccc1. The van der Waals surface area contributed by atoms with E-state index in [9.17, 15) is 5.26 Å². The van der Waals surface area contributed by atoms with Crippen molar-refractivity contribution in [2.75, 3.05) is 20.6 Å². The molecule has 0 aromatic heterocycles. The molecule has 0 aliphatic rings. The van der Waals surface area contributed by atoms with Gasteiger partial charge < -0.3 is 4.90 Å². The van der Waals surface area contributed by atoms with E-state index in [1.54, 1.807) is 0 Å². The summed E-state index contributed by atoms with van der Waals surface area (Å²) >= 11 is 0. The monoisotopic (exact) mass is 245 g/mol. The van der Waals surface area contributed by atoms with Crippen LogP contribution in [0.5, 0.6) is 0 Å². The molecule has 0 saturated heterocycles. The van der Waals surface area contributed by atoms with Gasteiger partial charge in [0.2, 0.25) is 0 Å². The molecule has 3 nitrogen and oxygen atoms in total. The molecule has 1 aromatic rings. The number of hydrogen-bond donors (Lipinski definition) is 1. The lowest BCUT2D eigenvalue weighted by Gasteiger charge is -2.34. The molecule has 0 radical (unpaired) electrons. The van der Waals surface area contributed by atoms with Crippen molar-refractivity contribution in [3.63, 3.8) is 0 Å². The Morgan fingerprint density at radius 3 is 2.44 bits per heavy atom. The number of nitrogens with zero attached hydrogens (tertiary/aromatic N) is 2. The van der Waals surface area contributed by atoms with Gasteiger partial charge in [0.15, 0.2) is 0 Å². The van der Waals surface area contributed by atoms with Crippen LogP contribution in [-0.2, 0) is 5.54 Å². The molecule has 1 aromatic carbocycles. The summed E-state index contributed by atoms with van der Waals surface area (Å²) in [4.78, 5) is 2.23. The molecule has 1 rings (SSSR count). The van der Waals surface area contributed by atoms with Crippen LogP contribution in [0.3, 0.4) is 0 Å². The van der Waals surface area contributed by atoms with Gasteiger partial charge in [-0.05, 0) is 33.0 Å². The summed E-state index contributed by atoms with van der Waals surface area (Å²) in [6.45, 7) is 5.03. The minimum Gasteiger partial charge on any atom is -0.300 e. The third-order valence-corrected chi connectivity index (χ3v) is 3.71. The highest BCUT2D eigenvalue weighted by Gasteiger charge is 2.32. The van der Waals surface area contributed by atoms with Gasteiger partial charge >= 0.3 is 0 Å². The first-order valence-electron chi connectivity index (χ1n) is 6.45. The molecule has 0 fully saturated rings. The van der Waals surface area contributed by atoms with Gasteiger partial charge in [0.25, 0.3) is 0 Å². The number of nitriles is 1. The Hall–Kier alpha value is -1.37. The molecule has 0 aliphatic carbocycles. The second kappa shape index (κ2) is 6.53. The highest BCUT2D eigenvalue weighted by atomic mass is 15.2. The normalized spacial score (nSPS) is 16.0. The van der Waals surface area contributed by atoms with E-state index in [4.69, 9.17) is 0 Å². The highest BCUT2D eigenvalue weighted by Crippen LogP contribution is 2.22. The molecule has 3 heteroatoms. The van der Waals surface area contributed by atoms with Crippen LogP contribution in [0.1, 0.15) is 25.8 Å². The van der Waals surface area contributed by atoms with Gasteiger partial charge in [0.1, 0.15) is 5.54 Å². The summed E-state index contributed by atoms with van der Waals surface area (Å²) in [7, 11) is 3.92. The quantitative estimate of drug-likeness (QED) is 0.836. The molecule has 0 spiro atoms. The number of nitrogens with one attached hydrogen (secondary N) is 1. The molecule has 18 heavy (non-hydrogen) atoms. The van der Waals surface area contributed by atoms with Gasteiger partial charge in [-0.3, -0.25) is 5.32 Å². The summed E-state index contributed by atoms with van der Waals surface area (Å²) < 4.78 is 0. The molecule has 0 bridgehead atoms. The van der Waals surface area contributed by atoms with Gasteiger partial charge in [-0.15, -0.1) is 0 Å². The zero-order chi connectivity index (χ0) is 13.6. The van der Waals surface area contributed by atoms with Crippen molar-refractivity contribution in [2.45, 2.75) is 31.8 Å². The van der Waals surface area contributed by atoms with Crippen LogP contribution in [0.15, 0.2) is 30.3 Å². The largest absolute Gasteiger partial charge is 0.300 e. The second-order valence-electron chi connectivity index (χ2n) is 4.81. The van der Waals surface area contributed by atoms with Crippen molar-refractivity contribution < 1.29 is 0 Å². The van der Waals surface area contributed by atoms with Crippen LogP contribution < -0.4 is 5.32 Å². The van der Waals surface area contributed by atoms with Crippen molar-refractivity contribution in [1.82, 2.24) is 10.2 Å². The first-order chi connectivity index (χ1) is 8.59. The Kier molecular flexibility index (Phi) is 5.33. The van der Waals surface area contributed by atoms with E-state index >= 15 is 0 Å². The lowest BCUT2D eigenvalue weighted by molar-refractivity contribution is 0.201. The van der Waals surface area contributed by atoms with Crippen LogP contribution in [0.4, 0.5) is 0 Å². The number of benzene rings is 1. The van der Waals surface area contributed by atoms with Crippen LogP contribution in [0.2, 0.25) is 0 Å². The van der Waals surface area contributed by atoms with Crippen molar-refractivity contribution in [1.29, 1.82) is 5.26 Å². The van der Waals surface area contributed by atoms with Gasteiger partial charge in [-0.2, -0.15) is 5.26 Å². The van der Waals surface area contributed by atoms with E-state index in [0.717, 1.165) is 12.0 Å². The molecule has 0 aliphatic heterocycles. The van der Waals surface area contributed by atoms with Gasteiger partial charge in [-0.1, -0.05) is 37.3 Å². The van der Waals surface area contributed by atoms with E-state index < -0.39 is 5.54 Å². The molecule has 2 unspecified atom stereocenters. The summed E-state index contributed by atoms with van der Waals surface area (Å²) in [5.41, 5.74) is 0.379. The standard InChI is InChI=1S/C15H23N3/c1-5-13(2)18(4)12-15(11-16,17-3)14-9-7-6-8-10-14/h6-10,13,17H,5,12H2,1-4H3. The number of rotatable bonds is 6. The minimum atomic E-state index is -0.639. The Labute approximate surface area is 110 Å². The molecule has 0 saturated carbocycles. The lowest BCUT2D eigenvalue weighted by Crippen LogP contribution is -2.49. The molecule has 0 amide bonds. The maximum absolute atomic E-state index is 9.59. The average molecular weight is 245 g/mol. The smallest absolute Gasteiger partial charge is 0.144 e.